The highest BCUT2D eigenvalue weighted by Crippen LogP contribution is 2.35. The van der Waals surface area contributed by atoms with Gasteiger partial charge in [0.15, 0.2) is 5.78 Å². The Morgan fingerprint density at radius 3 is 2.61 bits per heavy atom. The lowest BCUT2D eigenvalue weighted by Crippen LogP contribution is -2.27. The molecule has 1 saturated carbocycles. The molecule has 0 unspecified atom stereocenters. The molecule has 198 valence electrons. The van der Waals surface area contributed by atoms with Gasteiger partial charge in [0.2, 0.25) is 0 Å². The molecule has 38 heavy (non-hydrogen) atoms. The molecular weight excluding hydrogens is 521 g/mol. The number of ketones is 1. The highest BCUT2D eigenvalue weighted by Gasteiger charge is 2.31. The van der Waals surface area contributed by atoms with E-state index in [4.69, 9.17) is 16.3 Å². The first-order valence-corrected chi connectivity index (χ1v) is 12.5. The van der Waals surface area contributed by atoms with Crippen LogP contribution in [0, 0.1) is 5.92 Å². The number of nitrogens with one attached hydrogen (secondary N) is 2. The van der Waals surface area contributed by atoms with Gasteiger partial charge >= 0.3 is 6.18 Å². The van der Waals surface area contributed by atoms with E-state index in [9.17, 15) is 23.1 Å². The SMILES string of the molecule is O=C(c1ccc(Oc2cncc(C(F)(F)F)c2)cc1Cl)c1c[nH]c2nccc(N[C@H]3CC[C@@H](CO)CC3)c12. The number of H-pyrrole nitrogens is 1. The minimum Gasteiger partial charge on any atom is -0.456 e. The van der Waals surface area contributed by atoms with Gasteiger partial charge in [-0.25, -0.2) is 4.98 Å². The van der Waals surface area contributed by atoms with E-state index in [0.29, 0.717) is 28.7 Å². The number of pyridine rings is 2. The quantitative estimate of drug-likeness (QED) is 0.226. The van der Waals surface area contributed by atoms with E-state index in [0.717, 1.165) is 43.6 Å². The molecule has 3 N–H and O–H groups in total. The summed E-state index contributed by atoms with van der Waals surface area (Å²) in [5, 5.41) is 13.7. The van der Waals surface area contributed by atoms with E-state index in [2.05, 4.69) is 20.3 Å². The Morgan fingerprint density at radius 1 is 1.11 bits per heavy atom. The Labute approximate surface area is 221 Å². The topological polar surface area (TPSA) is 100 Å². The predicted molar refractivity (Wildman–Crippen MR) is 137 cm³/mol. The molecule has 11 heteroatoms. The van der Waals surface area contributed by atoms with E-state index >= 15 is 0 Å². The number of alkyl halides is 3. The molecule has 0 radical (unpaired) electrons. The number of hydrogen-bond acceptors (Lipinski definition) is 6. The van der Waals surface area contributed by atoms with Crippen LogP contribution in [0.4, 0.5) is 18.9 Å². The monoisotopic (exact) mass is 544 g/mol. The number of aromatic nitrogens is 3. The van der Waals surface area contributed by atoms with Gasteiger partial charge in [0.05, 0.1) is 27.7 Å². The smallest absolute Gasteiger partial charge is 0.418 e. The number of aliphatic hydroxyl groups is 1. The molecule has 0 amide bonds. The zero-order valence-corrected chi connectivity index (χ0v) is 20.8. The number of carbonyl (C=O) groups is 1. The van der Waals surface area contributed by atoms with Crippen LogP contribution in [0.25, 0.3) is 11.0 Å². The summed E-state index contributed by atoms with van der Waals surface area (Å²) < 4.78 is 44.4. The molecule has 1 fully saturated rings. The second kappa shape index (κ2) is 10.6. The van der Waals surface area contributed by atoms with E-state index < -0.39 is 11.7 Å². The van der Waals surface area contributed by atoms with E-state index in [1.54, 1.807) is 12.4 Å². The predicted octanol–water partition coefficient (Wildman–Crippen LogP) is 6.62. The van der Waals surface area contributed by atoms with Crippen LogP contribution in [0.3, 0.4) is 0 Å². The molecule has 0 saturated heterocycles. The second-order valence-corrected chi connectivity index (χ2v) is 9.72. The molecule has 7 nitrogen and oxygen atoms in total. The maximum absolute atomic E-state index is 13.5. The number of carbonyl (C=O) groups excluding carboxylic acids is 1. The van der Waals surface area contributed by atoms with Crippen molar-refractivity contribution in [2.45, 2.75) is 37.9 Å². The third-order valence-electron chi connectivity index (χ3n) is 6.74. The third-order valence-corrected chi connectivity index (χ3v) is 7.06. The van der Waals surface area contributed by atoms with Crippen LogP contribution < -0.4 is 10.1 Å². The highest BCUT2D eigenvalue weighted by atomic mass is 35.5. The Morgan fingerprint density at radius 2 is 1.89 bits per heavy atom. The fourth-order valence-corrected chi connectivity index (χ4v) is 4.98. The van der Waals surface area contributed by atoms with Crippen LogP contribution in [-0.2, 0) is 6.18 Å². The van der Waals surface area contributed by atoms with Gasteiger partial charge in [-0.1, -0.05) is 11.6 Å². The molecule has 0 spiro atoms. The van der Waals surface area contributed by atoms with E-state index in [1.807, 2.05) is 6.07 Å². The molecule has 1 aromatic carbocycles. The fraction of sp³-hybridized carbons (Fsp3) is 0.296. The molecule has 4 aromatic rings. The summed E-state index contributed by atoms with van der Waals surface area (Å²) in [4.78, 5) is 24.5. The summed E-state index contributed by atoms with van der Waals surface area (Å²) >= 11 is 6.43. The normalized spacial score (nSPS) is 17.9. The number of halogens is 4. The zero-order chi connectivity index (χ0) is 26.9. The van der Waals surface area contributed by atoms with Crippen molar-refractivity contribution in [2.24, 2.45) is 5.92 Å². The minimum atomic E-state index is -4.55. The number of fused-ring (bicyclic) bond motifs is 1. The van der Waals surface area contributed by atoms with Gasteiger partial charge in [-0.2, -0.15) is 13.2 Å². The summed E-state index contributed by atoms with van der Waals surface area (Å²) in [6.07, 6.45) is 4.26. The average molecular weight is 545 g/mol. The first-order valence-electron chi connectivity index (χ1n) is 12.1. The molecule has 3 aromatic heterocycles. The van der Waals surface area contributed by atoms with Crippen molar-refractivity contribution in [3.8, 4) is 11.5 Å². The number of anilines is 1. The molecule has 1 aliphatic carbocycles. The van der Waals surface area contributed by atoms with Crippen LogP contribution in [0.5, 0.6) is 11.5 Å². The molecule has 0 atom stereocenters. The summed E-state index contributed by atoms with van der Waals surface area (Å²) in [6, 6.07) is 7.19. The maximum atomic E-state index is 13.5. The lowest BCUT2D eigenvalue weighted by atomic mass is 9.86. The minimum absolute atomic E-state index is 0.0857. The van der Waals surface area contributed by atoms with Crippen LogP contribution >= 0.6 is 11.6 Å². The van der Waals surface area contributed by atoms with Crippen molar-refractivity contribution in [1.82, 2.24) is 15.0 Å². The number of aliphatic hydroxyl groups excluding tert-OH is 1. The Hall–Kier alpha value is -3.63. The second-order valence-electron chi connectivity index (χ2n) is 9.31. The molecule has 3 heterocycles. The van der Waals surface area contributed by atoms with Crippen molar-refractivity contribution in [2.75, 3.05) is 11.9 Å². The molecule has 5 rings (SSSR count). The van der Waals surface area contributed by atoms with Crippen molar-refractivity contribution < 1.29 is 27.8 Å². The first-order chi connectivity index (χ1) is 18.2. The maximum Gasteiger partial charge on any atom is 0.418 e. The number of ether oxygens (including phenoxy) is 1. The number of hydrogen-bond donors (Lipinski definition) is 3. The molecular formula is C27H24ClF3N4O3. The summed E-state index contributed by atoms with van der Waals surface area (Å²) in [7, 11) is 0. The van der Waals surface area contributed by atoms with Gasteiger partial charge < -0.3 is 20.1 Å². The standard InChI is InChI=1S/C27H24ClF3N4O3/c28-22-10-18(38-19-9-16(11-32-12-19)27(29,30)31)5-6-20(22)25(37)21-13-34-26-24(21)23(7-8-33-26)35-17-3-1-15(14-36)2-4-17/h5-13,15,17,36H,1-4,14H2,(H2,33,34,35)/t15-,17+. The van der Waals surface area contributed by atoms with Crippen LogP contribution in [0.15, 0.2) is 55.1 Å². The van der Waals surface area contributed by atoms with Crippen molar-refractivity contribution in [1.29, 1.82) is 0 Å². The lowest BCUT2D eigenvalue weighted by molar-refractivity contribution is -0.137. The number of rotatable bonds is 7. The summed E-state index contributed by atoms with van der Waals surface area (Å²) in [5.74, 6) is 0.0398. The van der Waals surface area contributed by atoms with Crippen molar-refractivity contribution in [3.05, 3.63) is 76.8 Å². The molecule has 1 aliphatic rings. The van der Waals surface area contributed by atoms with Gasteiger partial charge in [-0.15, -0.1) is 0 Å². The third kappa shape index (κ3) is 5.46. The number of aromatic amines is 1. The van der Waals surface area contributed by atoms with E-state index in [-0.39, 0.29) is 40.5 Å². The van der Waals surface area contributed by atoms with Gasteiger partial charge in [0.1, 0.15) is 17.1 Å². The van der Waals surface area contributed by atoms with E-state index in [1.165, 1.54) is 18.2 Å². The Bertz CT molecular complexity index is 1470. The van der Waals surface area contributed by atoms with Gasteiger partial charge in [0, 0.05) is 48.6 Å². The van der Waals surface area contributed by atoms with Crippen LogP contribution in [0.1, 0.15) is 47.2 Å². The van der Waals surface area contributed by atoms with Crippen molar-refractivity contribution in [3.63, 3.8) is 0 Å². The van der Waals surface area contributed by atoms with Gasteiger partial charge in [0.25, 0.3) is 0 Å². The van der Waals surface area contributed by atoms with Crippen LogP contribution in [-0.4, -0.2) is 38.5 Å². The number of nitrogens with zero attached hydrogens (tertiary/aromatic N) is 2. The summed E-state index contributed by atoms with van der Waals surface area (Å²) in [6.45, 7) is 0.199. The fourth-order valence-electron chi connectivity index (χ4n) is 4.72. The van der Waals surface area contributed by atoms with Gasteiger partial charge in [-0.05, 0) is 55.9 Å². The number of benzene rings is 1. The average Bonchev–Trinajstić information content (AvgIpc) is 3.34. The highest BCUT2D eigenvalue weighted by molar-refractivity contribution is 6.35. The van der Waals surface area contributed by atoms with Gasteiger partial charge in [-0.3, -0.25) is 9.78 Å². The Balaban J connectivity index is 1.38. The zero-order valence-electron chi connectivity index (χ0n) is 20.1. The molecule has 0 bridgehead atoms. The summed E-state index contributed by atoms with van der Waals surface area (Å²) in [5.41, 5.74) is 0.986. The van der Waals surface area contributed by atoms with Crippen LogP contribution in [0.2, 0.25) is 5.02 Å². The lowest BCUT2D eigenvalue weighted by Gasteiger charge is -2.29. The Kier molecular flexibility index (Phi) is 7.27. The van der Waals surface area contributed by atoms with Crippen molar-refractivity contribution >= 4 is 34.1 Å². The first kappa shape index (κ1) is 26.0. The largest absolute Gasteiger partial charge is 0.456 e. The molecule has 0 aliphatic heterocycles.